The highest BCUT2D eigenvalue weighted by molar-refractivity contribution is 6.35. The molecule has 3 aromatic rings. The summed E-state index contributed by atoms with van der Waals surface area (Å²) >= 11 is 11.9. The Balaban J connectivity index is 1.76. The quantitative estimate of drug-likeness (QED) is 0.326. The van der Waals surface area contributed by atoms with Gasteiger partial charge in [0.25, 0.3) is 5.91 Å². The highest BCUT2D eigenvalue weighted by atomic mass is 35.5. The molecule has 0 aliphatic carbocycles. The first kappa shape index (κ1) is 23.1. The minimum absolute atomic E-state index is 0.122. The van der Waals surface area contributed by atoms with Crippen LogP contribution in [-0.4, -0.2) is 13.0 Å². The van der Waals surface area contributed by atoms with Gasteiger partial charge in [0, 0.05) is 15.7 Å². The van der Waals surface area contributed by atoms with Crippen LogP contribution < -0.4 is 14.8 Å². The van der Waals surface area contributed by atoms with Crippen LogP contribution in [-0.2, 0) is 11.4 Å². The van der Waals surface area contributed by atoms with E-state index in [9.17, 15) is 14.4 Å². The van der Waals surface area contributed by atoms with Gasteiger partial charge >= 0.3 is 0 Å². The second kappa shape index (κ2) is 10.7. The van der Waals surface area contributed by atoms with Crippen LogP contribution in [0.5, 0.6) is 11.5 Å². The summed E-state index contributed by atoms with van der Waals surface area (Å²) in [5.41, 5.74) is 1.60. The van der Waals surface area contributed by atoms with Crippen LogP contribution in [0.2, 0.25) is 10.0 Å². The lowest BCUT2D eigenvalue weighted by Crippen LogP contribution is -2.13. The summed E-state index contributed by atoms with van der Waals surface area (Å²) in [4.78, 5) is 12.5. The van der Waals surface area contributed by atoms with E-state index in [2.05, 4.69) is 5.32 Å². The minimum atomic E-state index is -0.610. The number of hydrogen-bond donors (Lipinski definition) is 1. The summed E-state index contributed by atoms with van der Waals surface area (Å²) < 4.78 is 24.1. The third-order valence-electron chi connectivity index (χ3n) is 4.29. The van der Waals surface area contributed by atoms with Crippen LogP contribution in [0.1, 0.15) is 11.1 Å². The number of amides is 1. The molecule has 3 aromatic carbocycles. The molecule has 32 heavy (non-hydrogen) atoms. The first-order chi connectivity index (χ1) is 15.4. The molecule has 1 N–H and O–H groups in total. The molecule has 3 rings (SSSR count). The predicted molar refractivity (Wildman–Crippen MR) is 122 cm³/mol. The SMILES string of the molecule is COc1cc(/C=C(/C#N)C(=O)Nc2cc(Cl)cc(Cl)c2)ccc1OCc1ccc(F)cc1. The summed E-state index contributed by atoms with van der Waals surface area (Å²) in [5.74, 6) is -0.0506. The van der Waals surface area contributed by atoms with Crippen molar-refractivity contribution in [2.45, 2.75) is 6.61 Å². The van der Waals surface area contributed by atoms with Gasteiger partial charge in [-0.3, -0.25) is 4.79 Å². The number of methoxy groups -OCH3 is 1. The molecule has 0 atom stereocenters. The summed E-state index contributed by atoms with van der Waals surface area (Å²) in [6.07, 6.45) is 1.42. The van der Waals surface area contributed by atoms with Gasteiger partial charge in [0.05, 0.1) is 7.11 Å². The van der Waals surface area contributed by atoms with E-state index in [1.54, 1.807) is 30.3 Å². The molecule has 162 valence electrons. The van der Waals surface area contributed by atoms with E-state index in [-0.39, 0.29) is 18.0 Å². The van der Waals surface area contributed by atoms with Gasteiger partial charge in [0.15, 0.2) is 11.5 Å². The number of anilines is 1. The lowest BCUT2D eigenvalue weighted by atomic mass is 10.1. The van der Waals surface area contributed by atoms with Crippen LogP contribution in [0.15, 0.2) is 66.2 Å². The van der Waals surface area contributed by atoms with Crippen molar-refractivity contribution in [2.75, 3.05) is 12.4 Å². The van der Waals surface area contributed by atoms with Crippen molar-refractivity contribution in [2.24, 2.45) is 0 Å². The van der Waals surface area contributed by atoms with E-state index >= 15 is 0 Å². The standard InChI is InChI=1S/C24H17Cl2FN2O3/c1-31-23-9-16(4-7-22(23)32-14-15-2-5-20(27)6-3-15)8-17(13-28)24(30)29-21-11-18(25)10-19(26)12-21/h2-12H,14H2,1H3,(H,29,30)/b17-8-. The number of carbonyl (C=O) groups is 1. The highest BCUT2D eigenvalue weighted by Gasteiger charge is 2.12. The van der Waals surface area contributed by atoms with Crippen molar-refractivity contribution in [3.63, 3.8) is 0 Å². The molecule has 0 bridgehead atoms. The van der Waals surface area contributed by atoms with Gasteiger partial charge < -0.3 is 14.8 Å². The fraction of sp³-hybridized carbons (Fsp3) is 0.0833. The van der Waals surface area contributed by atoms with Crippen molar-refractivity contribution in [1.82, 2.24) is 0 Å². The summed E-state index contributed by atoms with van der Waals surface area (Å²) in [7, 11) is 1.48. The van der Waals surface area contributed by atoms with Gasteiger partial charge in [0.1, 0.15) is 24.1 Å². The third-order valence-corrected chi connectivity index (χ3v) is 4.73. The fourth-order valence-electron chi connectivity index (χ4n) is 2.77. The molecule has 0 aliphatic heterocycles. The maximum Gasteiger partial charge on any atom is 0.266 e. The number of halogens is 3. The Morgan fingerprint density at radius 1 is 1.06 bits per heavy atom. The fourth-order valence-corrected chi connectivity index (χ4v) is 3.30. The topological polar surface area (TPSA) is 71.3 Å². The van der Waals surface area contributed by atoms with Crippen LogP contribution in [0.25, 0.3) is 6.08 Å². The molecular formula is C24H17Cl2FN2O3. The number of ether oxygens (including phenoxy) is 2. The Hall–Kier alpha value is -3.53. The van der Waals surface area contributed by atoms with Crippen LogP contribution >= 0.6 is 23.2 Å². The molecule has 8 heteroatoms. The lowest BCUT2D eigenvalue weighted by Gasteiger charge is -2.12. The van der Waals surface area contributed by atoms with Crippen molar-refractivity contribution < 1.29 is 18.7 Å². The molecule has 0 spiro atoms. The molecule has 0 fully saturated rings. The first-order valence-electron chi connectivity index (χ1n) is 9.32. The van der Waals surface area contributed by atoms with Gasteiger partial charge in [-0.15, -0.1) is 0 Å². The molecule has 1 amide bonds. The maximum absolute atomic E-state index is 13.0. The summed E-state index contributed by atoms with van der Waals surface area (Å²) in [5, 5.41) is 12.8. The van der Waals surface area contributed by atoms with E-state index < -0.39 is 5.91 Å². The van der Waals surface area contributed by atoms with Crippen LogP contribution in [0, 0.1) is 17.1 Å². The zero-order chi connectivity index (χ0) is 23.1. The maximum atomic E-state index is 13.0. The van der Waals surface area contributed by atoms with Crippen molar-refractivity contribution in [1.29, 1.82) is 5.26 Å². The Labute approximate surface area is 194 Å². The average Bonchev–Trinajstić information content (AvgIpc) is 2.76. The monoisotopic (exact) mass is 470 g/mol. The third kappa shape index (κ3) is 6.24. The molecule has 0 aromatic heterocycles. The van der Waals surface area contributed by atoms with E-state index in [4.69, 9.17) is 32.7 Å². The number of carbonyl (C=O) groups excluding carboxylic acids is 1. The number of hydrogen-bond acceptors (Lipinski definition) is 4. The second-order valence-corrected chi connectivity index (χ2v) is 7.48. The van der Waals surface area contributed by atoms with Gasteiger partial charge in [-0.1, -0.05) is 41.4 Å². The molecule has 0 aliphatic rings. The number of rotatable bonds is 7. The molecule has 0 saturated heterocycles. The zero-order valence-corrected chi connectivity index (χ0v) is 18.4. The van der Waals surface area contributed by atoms with E-state index in [0.29, 0.717) is 32.8 Å². The predicted octanol–water partition coefficient (Wildman–Crippen LogP) is 6.27. The van der Waals surface area contributed by atoms with Crippen molar-refractivity contribution >= 4 is 40.9 Å². The van der Waals surface area contributed by atoms with E-state index in [1.807, 2.05) is 6.07 Å². The van der Waals surface area contributed by atoms with Gasteiger partial charge in [-0.25, -0.2) is 4.39 Å². The molecule has 0 radical (unpaired) electrons. The summed E-state index contributed by atoms with van der Waals surface area (Å²) in [6, 6.07) is 17.4. The van der Waals surface area contributed by atoms with Crippen molar-refractivity contribution in [3.8, 4) is 17.6 Å². The van der Waals surface area contributed by atoms with Crippen molar-refractivity contribution in [3.05, 3.63) is 93.2 Å². The highest BCUT2D eigenvalue weighted by Crippen LogP contribution is 2.30. The minimum Gasteiger partial charge on any atom is -0.493 e. The van der Waals surface area contributed by atoms with Gasteiger partial charge in [0.2, 0.25) is 0 Å². The van der Waals surface area contributed by atoms with E-state index in [0.717, 1.165) is 5.56 Å². The van der Waals surface area contributed by atoms with Crippen LogP contribution in [0.3, 0.4) is 0 Å². The molecular weight excluding hydrogens is 454 g/mol. The van der Waals surface area contributed by atoms with Gasteiger partial charge in [-0.2, -0.15) is 5.26 Å². The number of nitriles is 1. The van der Waals surface area contributed by atoms with Crippen LogP contribution in [0.4, 0.5) is 10.1 Å². The van der Waals surface area contributed by atoms with E-state index in [1.165, 1.54) is 43.5 Å². The zero-order valence-electron chi connectivity index (χ0n) is 16.9. The Bertz CT molecular complexity index is 1180. The lowest BCUT2D eigenvalue weighted by molar-refractivity contribution is -0.112. The normalized spacial score (nSPS) is 10.9. The second-order valence-electron chi connectivity index (χ2n) is 6.61. The molecule has 5 nitrogen and oxygen atoms in total. The van der Waals surface area contributed by atoms with Gasteiger partial charge in [-0.05, 0) is 59.7 Å². The summed E-state index contributed by atoms with van der Waals surface area (Å²) in [6.45, 7) is 0.222. The molecule has 0 heterocycles. The number of benzene rings is 3. The Morgan fingerprint density at radius 3 is 2.38 bits per heavy atom. The smallest absolute Gasteiger partial charge is 0.266 e. The Kier molecular flexibility index (Phi) is 7.72. The average molecular weight is 471 g/mol. The molecule has 0 saturated carbocycles. The Morgan fingerprint density at radius 2 is 1.75 bits per heavy atom. The molecule has 0 unspecified atom stereocenters. The number of nitrogens with one attached hydrogen (secondary N) is 1. The number of nitrogens with zero attached hydrogens (tertiary/aromatic N) is 1. The largest absolute Gasteiger partial charge is 0.493 e. The first-order valence-corrected chi connectivity index (χ1v) is 10.1.